The lowest BCUT2D eigenvalue weighted by Gasteiger charge is -2.10. The number of aryl methyl sites for hydroxylation is 1. The first-order valence-corrected chi connectivity index (χ1v) is 9.32. The number of aromatic nitrogens is 3. The molecule has 0 radical (unpaired) electrons. The van der Waals surface area contributed by atoms with Crippen molar-refractivity contribution in [2.24, 2.45) is 0 Å². The molecule has 0 unspecified atom stereocenters. The first-order valence-electron chi connectivity index (χ1n) is 9.32. The topological polar surface area (TPSA) is 82.3 Å². The van der Waals surface area contributed by atoms with Crippen molar-refractivity contribution in [1.29, 1.82) is 0 Å². The minimum Gasteiger partial charge on any atom is -0.493 e. The van der Waals surface area contributed by atoms with E-state index in [0.29, 0.717) is 23.8 Å². The second-order valence-electron chi connectivity index (χ2n) is 6.67. The quantitative estimate of drug-likeness (QED) is 0.505. The van der Waals surface area contributed by atoms with Crippen LogP contribution >= 0.6 is 0 Å². The Hall–Kier alpha value is -3.61. The van der Waals surface area contributed by atoms with E-state index >= 15 is 0 Å². The molecule has 29 heavy (non-hydrogen) atoms. The van der Waals surface area contributed by atoms with Gasteiger partial charge < -0.3 is 19.3 Å². The van der Waals surface area contributed by atoms with E-state index in [-0.39, 0.29) is 0 Å². The fourth-order valence-electron chi connectivity index (χ4n) is 3.19. The number of benzene rings is 2. The fraction of sp³-hybridized carbons (Fsp3) is 0.227. The molecule has 4 aromatic rings. The van der Waals surface area contributed by atoms with Gasteiger partial charge in [0.15, 0.2) is 11.5 Å². The van der Waals surface area contributed by atoms with Crippen molar-refractivity contribution in [3.05, 3.63) is 59.9 Å². The van der Waals surface area contributed by atoms with E-state index in [1.54, 1.807) is 14.2 Å². The molecule has 2 aromatic heterocycles. The van der Waals surface area contributed by atoms with Crippen molar-refractivity contribution in [2.75, 3.05) is 26.1 Å². The summed E-state index contributed by atoms with van der Waals surface area (Å²) in [7, 11) is 3.26. The third-order valence-electron chi connectivity index (χ3n) is 4.75. The Kier molecular flexibility index (Phi) is 5.29. The van der Waals surface area contributed by atoms with Gasteiger partial charge in [-0.2, -0.15) is 4.98 Å². The van der Waals surface area contributed by atoms with Crippen LogP contribution in [0.15, 0.2) is 53.3 Å². The van der Waals surface area contributed by atoms with Crippen molar-refractivity contribution < 1.29 is 14.0 Å². The molecule has 0 saturated carbocycles. The zero-order valence-corrected chi connectivity index (χ0v) is 16.6. The molecule has 0 spiro atoms. The van der Waals surface area contributed by atoms with Crippen LogP contribution in [-0.4, -0.2) is 35.9 Å². The Bertz CT molecular complexity index is 1120. The molecule has 0 aliphatic heterocycles. The summed E-state index contributed by atoms with van der Waals surface area (Å²) in [5.74, 6) is 2.14. The lowest BCUT2D eigenvalue weighted by molar-refractivity contribution is 0.354. The van der Waals surface area contributed by atoms with Crippen molar-refractivity contribution in [2.45, 2.75) is 13.3 Å². The Morgan fingerprint density at radius 2 is 1.76 bits per heavy atom. The standard InChI is InChI=1S/C22H22N4O3/c1-14-4-7-16(8-5-14)20-19-21(24-13-25-22(19)29-26-20)23-11-10-15-6-9-17(27-2)18(12-15)28-3/h4-9,12-13H,10-11H2,1-3H3,(H,23,24,25). The zero-order valence-electron chi connectivity index (χ0n) is 16.6. The van der Waals surface area contributed by atoms with Gasteiger partial charge in [-0.25, -0.2) is 4.98 Å². The summed E-state index contributed by atoms with van der Waals surface area (Å²) in [5.41, 5.74) is 4.47. The lowest BCUT2D eigenvalue weighted by atomic mass is 10.1. The van der Waals surface area contributed by atoms with Crippen molar-refractivity contribution in [3.63, 3.8) is 0 Å². The molecule has 0 amide bonds. The van der Waals surface area contributed by atoms with Gasteiger partial charge in [-0.05, 0) is 31.0 Å². The first-order chi connectivity index (χ1) is 14.2. The van der Waals surface area contributed by atoms with E-state index in [1.807, 2.05) is 42.5 Å². The van der Waals surface area contributed by atoms with E-state index < -0.39 is 0 Å². The van der Waals surface area contributed by atoms with Crippen molar-refractivity contribution in [3.8, 4) is 22.8 Å². The second kappa shape index (κ2) is 8.18. The molecule has 0 atom stereocenters. The number of methoxy groups -OCH3 is 2. The maximum atomic E-state index is 5.42. The van der Waals surface area contributed by atoms with Gasteiger partial charge in [0.05, 0.1) is 14.2 Å². The second-order valence-corrected chi connectivity index (χ2v) is 6.67. The van der Waals surface area contributed by atoms with Gasteiger partial charge >= 0.3 is 0 Å². The average molecular weight is 390 g/mol. The van der Waals surface area contributed by atoms with E-state index in [4.69, 9.17) is 14.0 Å². The van der Waals surface area contributed by atoms with Gasteiger partial charge in [0, 0.05) is 12.1 Å². The zero-order chi connectivity index (χ0) is 20.2. The summed E-state index contributed by atoms with van der Waals surface area (Å²) >= 11 is 0. The van der Waals surface area contributed by atoms with Crippen LogP contribution in [0, 0.1) is 6.92 Å². The summed E-state index contributed by atoms with van der Waals surface area (Å²) < 4.78 is 16.1. The van der Waals surface area contributed by atoms with Crippen molar-refractivity contribution >= 4 is 16.9 Å². The predicted octanol–water partition coefficient (Wildman–Crippen LogP) is 4.27. The molecule has 0 saturated heterocycles. The summed E-state index contributed by atoms with van der Waals surface area (Å²) in [4.78, 5) is 8.61. The van der Waals surface area contributed by atoms with Gasteiger partial charge in [0.25, 0.3) is 5.71 Å². The number of rotatable bonds is 7. The van der Waals surface area contributed by atoms with Crippen LogP contribution in [0.1, 0.15) is 11.1 Å². The van der Waals surface area contributed by atoms with Crippen molar-refractivity contribution in [1.82, 2.24) is 15.1 Å². The first kappa shape index (κ1) is 18.7. The summed E-state index contributed by atoms with van der Waals surface area (Å²) in [6.07, 6.45) is 2.27. The Morgan fingerprint density at radius 1 is 0.966 bits per heavy atom. The van der Waals surface area contributed by atoms with E-state index in [1.165, 1.54) is 11.9 Å². The molecule has 2 heterocycles. The van der Waals surface area contributed by atoms with Crippen LogP contribution < -0.4 is 14.8 Å². The highest BCUT2D eigenvalue weighted by Gasteiger charge is 2.16. The highest BCUT2D eigenvalue weighted by Crippen LogP contribution is 2.31. The monoisotopic (exact) mass is 390 g/mol. The molecule has 2 aromatic carbocycles. The number of nitrogens with zero attached hydrogens (tertiary/aromatic N) is 3. The molecule has 0 aliphatic carbocycles. The number of nitrogens with one attached hydrogen (secondary N) is 1. The molecular formula is C22H22N4O3. The van der Waals surface area contributed by atoms with Gasteiger partial charge in [-0.1, -0.05) is 41.1 Å². The number of ether oxygens (including phenoxy) is 2. The van der Waals surface area contributed by atoms with Crippen LogP contribution in [-0.2, 0) is 6.42 Å². The number of hydrogen-bond donors (Lipinski definition) is 1. The van der Waals surface area contributed by atoms with Gasteiger partial charge in [0.1, 0.15) is 23.2 Å². The SMILES string of the molecule is COc1ccc(CCNc2ncnc3onc(-c4ccc(C)cc4)c23)cc1OC. The smallest absolute Gasteiger partial charge is 0.263 e. The molecule has 1 N–H and O–H groups in total. The minimum absolute atomic E-state index is 0.462. The van der Waals surface area contributed by atoms with Crippen LogP contribution in [0.5, 0.6) is 11.5 Å². The molecule has 4 rings (SSSR count). The maximum absolute atomic E-state index is 5.42. The summed E-state index contributed by atoms with van der Waals surface area (Å²) in [6, 6.07) is 14.0. The molecule has 7 nitrogen and oxygen atoms in total. The average Bonchev–Trinajstić information content (AvgIpc) is 3.19. The number of hydrogen-bond acceptors (Lipinski definition) is 7. The van der Waals surface area contributed by atoms with Crippen LogP contribution in [0.2, 0.25) is 0 Å². The molecular weight excluding hydrogens is 368 g/mol. The fourth-order valence-corrected chi connectivity index (χ4v) is 3.19. The Balaban J connectivity index is 1.55. The van der Waals surface area contributed by atoms with E-state index in [9.17, 15) is 0 Å². The van der Waals surface area contributed by atoms with Crippen LogP contribution in [0.25, 0.3) is 22.4 Å². The maximum Gasteiger partial charge on any atom is 0.263 e. The normalized spacial score (nSPS) is 10.9. The Morgan fingerprint density at radius 3 is 2.52 bits per heavy atom. The molecule has 0 fully saturated rings. The molecule has 0 aliphatic rings. The Labute approximate surface area is 168 Å². The van der Waals surface area contributed by atoms with E-state index in [2.05, 4.69) is 27.4 Å². The highest BCUT2D eigenvalue weighted by atomic mass is 16.5. The van der Waals surface area contributed by atoms with E-state index in [0.717, 1.165) is 34.4 Å². The predicted molar refractivity (Wildman–Crippen MR) is 112 cm³/mol. The summed E-state index contributed by atoms with van der Waals surface area (Å²) in [5, 5.41) is 8.38. The van der Waals surface area contributed by atoms with Gasteiger partial charge in [-0.15, -0.1) is 0 Å². The highest BCUT2D eigenvalue weighted by molar-refractivity contribution is 5.97. The third-order valence-corrected chi connectivity index (χ3v) is 4.75. The lowest BCUT2D eigenvalue weighted by Crippen LogP contribution is -2.07. The number of anilines is 1. The third kappa shape index (κ3) is 3.85. The molecule has 0 bridgehead atoms. The number of fused-ring (bicyclic) bond motifs is 1. The minimum atomic E-state index is 0.462. The molecule has 148 valence electrons. The van der Waals surface area contributed by atoms with Gasteiger partial charge in [-0.3, -0.25) is 0 Å². The largest absolute Gasteiger partial charge is 0.493 e. The summed E-state index contributed by atoms with van der Waals surface area (Å²) in [6.45, 7) is 2.73. The van der Waals surface area contributed by atoms with Crippen LogP contribution in [0.3, 0.4) is 0 Å². The molecule has 7 heteroatoms. The van der Waals surface area contributed by atoms with Crippen LogP contribution in [0.4, 0.5) is 5.82 Å². The van der Waals surface area contributed by atoms with Gasteiger partial charge in [0.2, 0.25) is 0 Å².